The number of hydrogen-bond donors (Lipinski definition) is 3. The number of esters is 1. The van der Waals surface area contributed by atoms with E-state index in [1.54, 1.807) is 38.2 Å². The van der Waals surface area contributed by atoms with E-state index >= 15 is 0 Å². The Hall–Kier alpha value is -1.59. The first kappa shape index (κ1) is 14.5. The highest BCUT2D eigenvalue weighted by molar-refractivity contribution is 5.70. The molecular weight excluding hydrogens is 234 g/mol. The van der Waals surface area contributed by atoms with Crippen molar-refractivity contribution in [1.29, 1.82) is 0 Å². The van der Waals surface area contributed by atoms with Gasteiger partial charge in [0.1, 0.15) is 6.10 Å². The van der Waals surface area contributed by atoms with E-state index in [1.807, 2.05) is 0 Å². The van der Waals surface area contributed by atoms with E-state index in [2.05, 4.69) is 5.32 Å². The third kappa shape index (κ3) is 4.01. The van der Waals surface area contributed by atoms with Gasteiger partial charge in [-0.25, -0.2) is 0 Å². The summed E-state index contributed by atoms with van der Waals surface area (Å²) >= 11 is 0. The van der Waals surface area contributed by atoms with E-state index in [0.29, 0.717) is 5.56 Å². The fourth-order valence-electron chi connectivity index (χ4n) is 1.57. The third-order valence-electron chi connectivity index (χ3n) is 2.59. The van der Waals surface area contributed by atoms with E-state index in [0.717, 1.165) is 5.69 Å². The lowest BCUT2D eigenvalue weighted by atomic mass is 10.0. The molecule has 2 unspecified atom stereocenters. The molecule has 0 heterocycles. The molecule has 0 spiro atoms. The monoisotopic (exact) mass is 253 g/mol. The van der Waals surface area contributed by atoms with Crippen molar-refractivity contribution in [1.82, 2.24) is 0 Å². The lowest BCUT2D eigenvalue weighted by Crippen LogP contribution is -2.23. The zero-order valence-electron chi connectivity index (χ0n) is 10.6. The second kappa shape index (κ2) is 6.98. The van der Waals surface area contributed by atoms with Gasteiger partial charge < -0.3 is 20.3 Å². The number of anilines is 1. The smallest absolute Gasteiger partial charge is 0.308 e. The summed E-state index contributed by atoms with van der Waals surface area (Å²) in [7, 11) is 1.79. The van der Waals surface area contributed by atoms with Crippen molar-refractivity contribution in [2.45, 2.75) is 25.6 Å². The maximum atomic E-state index is 11.2. The predicted molar refractivity (Wildman–Crippen MR) is 68.2 cm³/mol. The molecule has 1 rings (SSSR count). The Morgan fingerprint density at radius 1 is 1.33 bits per heavy atom. The van der Waals surface area contributed by atoms with Crippen molar-refractivity contribution in [2.24, 2.45) is 0 Å². The van der Waals surface area contributed by atoms with Crippen LogP contribution in [0.3, 0.4) is 0 Å². The van der Waals surface area contributed by atoms with Crippen molar-refractivity contribution >= 4 is 11.7 Å². The molecule has 0 saturated carbocycles. The lowest BCUT2D eigenvalue weighted by Gasteiger charge is -2.17. The minimum Gasteiger partial charge on any atom is -0.466 e. The van der Waals surface area contributed by atoms with Crippen LogP contribution in [-0.4, -0.2) is 35.9 Å². The molecule has 18 heavy (non-hydrogen) atoms. The SMILES string of the molecule is CCOC(=O)CC(O)C(O)c1ccc(NC)cc1. The number of rotatable bonds is 6. The number of carbonyl (C=O) groups excluding carboxylic acids is 1. The Morgan fingerprint density at radius 3 is 2.44 bits per heavy atom. The molecule has 0 saturated heterocycles. The average Bonchev–Trinajstić information content (AvgIpc) is 2.38. The van der Waals surface area contributed by atoms with E-state index in [-0.39, 0.29) is 13.0 Å². The van der Waals surface area contributed by atoms with Gasteiger partial charge in [0, 0.05) is 12.7 Å². The van der Waals surface area contributed by atoms with Gasteiger partial charge in [-0.1, -0.05) is 12.1 Å². The van der Waals surface area contributed by atoms with Crippen LogP contribution >= 0.6 is 0 Å². The topological polar surface area (TPSA) is 78.8 Å². The fourth-order valence-corrected chi connectivity index (χ4v) is 1.57. The van der Waals surface area contributed by atoms with Crippen LogP contribution in [-0.2, 0) is 9.53 Å². The molecule has 2 atom stereocenters. The number of carbonyl (C=O) groups is 1. The summed E-state index contributed by atoms with van der Waals surface area (Å²) in [5.74, 6) is -0.518. The highest BCUT2D eigenvalue weighted by Crippen LogP contribution is 2.21. The van der Waals surface area contributed by atoms with Crippen molar-refractivity contribution in [3.05, 3.63) is 29.8 Å². The molecule has 5 heteroatoms. The first-order valence-corrected chi connectivity index (χ1v) is 5.88. The molecule has 3 N–H and O–H groups in total. The zero-order valence-corrected chi connectivity index (χ0v) is 10.6. The Labute approximate surface area is 106 Å². The fraction of sp³-hybridized carbons (Fsp3) is 0.462. The number of ether oxygens (including phenoxy) is 1. The normalized spacial score (nSPS) is 13.8. The van der Waals surface area contributed by atoms with Gasteiger partial charge >= 0.3 is 5.97 Å². The van der Waals surface area contributed by atoms with Crippen LogP contribution in [0.15, 0.2) is 24.3 Å². The average molecular weight is 253 g/mol. The molecule has 0 radical (unpaired) electrons. The molecule has 5 nitrogen and oxygen atoms in total. The molecule has 0 aliphatic carbocycles. The van der Waals surface area contributed by atoms with Crippen molar-refractivity contribution in [3.8, 4) is 0 Å². The summed E-state index contributed by atoms with van der Waals surface area (Å²) < 4.78 is 4.72. The second-order valence-corrected chi connectivity index (χ2v) is 3.89. The number of aliphatic hydroxyl groups is 2. The van der Waals surface area contributed by atoms with E-state index in [9.17, 15) is 15.0 Å². The summed E-state index contributed by atoms with van der Waals surface area (Å²) in [6.07, 6.45) is -2.48. The molecule has 0 aromatic heterocycles. The first-order chi connectivity index (χ1) is 8.58. The predicted octanol–water partition coefficient (Wildman–Crippen LogP) is 1.08. The molecule has 100 valence electrons. The molecule has 1 aromatic rings. The quantitative estimate of drug-likeness (QED) is 0.661. The van der Waals surface area contributed by atoms with Gasteiger partial charge in [0.15, 0.2) is 0 Å². The van der Waals surface area contributed by atoms with Crippen LogP contribution in [0.2, 0.25) is 0 Å². The van der Waals surface area contributed by atoms with Gasteiger partial charge in [-0.2, -0.15) is 0 Å². The zero-order chi connectivity index (χ0) is 13.5. The van der Waals surface area contributed by atoms with Gasteiger partial charge in [-0.15, -0.1) is 0 Å². The van der Waals surface area contributed by atoms with Crippen LogP contribution in [0.4, 0.5) is 5.69 Å². The largest absolute Gasteiger partial charge is 0.466 e. The highest BCUT2D eigenvalue weighted by Gasteiger charge is 2.21. The van der Waals surface area contributed by atoms with Gasteiger partial charge in [0.25, 0.3) is 0 Å². The summed E-state index contributed by atoms with van der Waals surface area (Å²) in [4.78, 5) is 11.2. The Morgan fingerprint density at radius 2 is 1.94 bits per heavy atom. The molecule has 0 amide bonds. The van der Waals surface area contributed by atoms with Crippen LogP contribution < -0.4 is 5.32 Å². The van der Waals surface area contributed by atoms with Gasteiger partial charge in [0.2, 0.25) is 0 Å². The third-order valence-corrected chi connectivity index (χ3v) is 2.59. The van der Waals surface area contributed by atoms with Gasteiger partial charge in [0.05, 0.1) is 19.1 Å². The molecule has 0 aliphatic heterocycles. The van der Waals surface area contributed by atoms with Crippen molar-refractivity contribution < 1.29 is 19.7 Å². The standard InChI is InChI=1S/C13H19NO4/c1-3-18-12(16)8-11(15)13(17)9-4-6-10(14-2)7-5-9/h4-7,11,13-15,17H,3,8H2,1-2H3. The summed E-state index contributed by atoms with van der Waals surface area (Å²) in [6, 6.07) is 6.97. The van der Waals surface area contributed by atoms with Crippen LogP contribution in [0.5, 0.6) is 0 Å². The molecule has 0 fully saturated rings. The van der Waals surface area contributed by atoms with Gasteiger partial charge in [-0.3, -0.25) is 4.79 Å². The molecule has 0 aliphatic rings. The van der Waals surface area contributed by atoms with E-state index in [4.69, 9.17) is 4.74 Å². The first-order valence-electron chi connectivity index (χ1n) is 5.88. The van der Waals surface area contributed by atoms with Crippen molar-refractivity contribution in [2.75, 3.05) is 19.0 Å². The van der Waals surface area contributed by atoms with Crippen LogP contribution in [0.25, 0.3) is 0 Å². The number of benzene rings is 1. The molecular formula is C13H19NO4. The number of hydrogen-bond acceptors (Lipinski definition) is 5. The van der Waals surface area contributed by atoms with E-state index < -0.39 is 18.2 Å². The summed E-state index contributed by atoms with van der Waals surface area (Å²) in [5, 5.41) is 22.6. The maximum Gasteiger partial charge on any atom is 0.308 e. The van der Waals surface area contributed by atoms with Gasteiger partial charge in [-0.05, 0) is 24.6 Å². The summed E-state index contributed by atoms with van der Waals surface area (Å²) in [5.41, 5.74) is 1.47. The molecule has 0 bridgehead atoms. The number of nitrogens with one attached hydrogen (secondary N) is 1. The Balaban J connectivity index is 2.61. The minimum absolute atomic E-state index is 0.219. The molecule has 1 aromatic carbocycles. The minimum atomic E-state index is -1.16. The van der Waals surface area contributed by atoms with Crippen LogP contribution in [0.1, 0.15) is 25.0 Å². The van der Waals surface area contributed by atoms with Crippen molar-refractivity contribution in [3.63, 3.8) is 0 Å². The van der Waals surface area contributed by atoms with E-state index in [1.165, 1.54) is 0 Å². The Kier molecular flexibility index (Phi) is 5.61. The number of aliphatic hydroxyl groups excluding tert-OH is 2. The maximum absolute atomic E-state index is 11.2. The summed E-state index contributed by atoms with van der Waals surface area (Å²) in [6.45, 7) is 1.95. The van der Waals surface area contributed by atoms with Crippen LogP contribution in [0, 0.1) is 0 Å². The second-order valence-electron chi connectivity index (χ2n) is 3.89. The highest BCUT2D eigenvalue weighted by atomic mass is 16.5. The Bertz CT molecular complexity index is 377. The lowest BCUT2D eigenvalue weighted by molar-refractivity contribution is -0.147.